The fourth-order valence-electron chi connectivity index (χ4n) is 1.39. The van der Waals surface area contributed by atoms with Crippen LogP contribution in [0.25, 0.3) is 0 Å². The maximum atomic E-state index is 13.6. The molecular weight excluding hydrogens is 282 g/mol. The average Bonchev–Trinajstić information content (AvgIpc) is 2.38. The molecule has 0 fully saturated rings. The summed E-state index contributed by atoms with van der Waals surface area (Å²) in [6, 6.07) is 5.73. The van der Waals surface area contributed by atoms with Gasteiger partial charge in [0.15, 0.2) is 0 Å². The van der Waals surface area contributed by atoms with E-state index in [0.29, 0.717) is 7.11 Å². The smallest absolute Gasteiger partial charge is 0.458 e. The van der Waals surface area contributed by atoms with Crippen LogP contribution in [0.4, 0.5) is 23.2 Å². The maximum Gasteiger partial charge on any atom is 0.458 e. The Labute approximate surface area is 112 Å². The molecule has 4 nitrogen and oxygen atoms in total. The van der Waals surface area contributed by atoms with Crippen LogP contribution in [0.1, 0.15) is 6.92 Å². The number of hydrogen-bond acceptors (Lipinski definition) is 3. The second-order valence-electron chi connectivity index (χ2n) is 3.68. The second-order valence-corrected chi connectivity index (χ2v) is 3.68. The van der Waals surface area contributed by atoms with Gasteiger partial charge < -0.3 is 14.8 Å². The van der Waals surface area contributed by atoms with Crippen molar-refractivity contribution >= 4 is 11.6 Å². The van der Waals surface area contributed by atoms with Gasteiger partial charge in [-0.3, -0.25) is 4.79 Å². The molecule has 1 atom stereocenters. The first-order chi connectivity index (χ1) is 9.26. The largest absolute Gasteiger partial charge is 0.492 e. The lowest BCUT2D eigenvalue weighted by atomic mass is 10.2. The van der Waals surface area contributed by atoms with E-state index >= 15 is 0 Å². The van der Waals surface area contributed by atoms with Gasteiger partial charge in [-0.05, 0) is 19.1 Å². The van der Waals surface area contributed by atoms with Crippen molar-refractivity contribution < 1.29 is 31.8 Å². The lowest BCUT2D eigenvalue weighted by molar-refractivity contribution is -0.305. The molecule has 0 aliphatic heterocycles. The number of nitrogens with one attached hydrogen (secondary N) is 1. The Morgan fingerprint density at radius 1 is 1.25 bits per heavy atom. The number of carbonyl (C=O) groups is 1. The number of methoxy groups -OCH3 is 1. The summed E-state index contributed by atoms with van der Waals surface area (Å²) in [5.41, 5.74) is -0.0809. The van der Waals surface area contributed by atoms with Gasteiger partial charge in [0.1, 0.15) is 5.75 Å². The van der Waals surface area contributed by atoms with Crippen LogP contribution in [-0.2, 0) is 9.53 Å². The average molecular weight is 295 g/mol. The minimum absolute atomic E-state index is 0.0809. The van der Waals surface area contributed by atoms with Crippen molar-refractivity contribution in [2.24, 2.45) is 0 Å². The number of para-hydroxylation sites is 2. The number of ether oxygens (including phenoxy) is 2. The van der Waals surface area contributed by atoms with Crippen LogP contribution in [0.15, 0.2) is 24.3 Å². The summed E-state index contributed by atoms with van der Waals surface area (Å²) in [5.74, 6) is -6.27. The highest BCUT2D eigenvalue weighted by atomic mass is 19.4. The first-order valence-electron chi connectivity index (χ1n) is 5.60. The molecule has 0 saturated heterocycles. The molecule has 0 heterocycles. The van der Waals surface area contributed by atoms with Gasteiger partial charge in [0.25, 0.3) is 5.91 Å². The highest BCUT2D eigenvalue weighted by Crippen LogP contribution is 2.36. The lowest BCUT2D eigenvalue weighted by Crippen LogP contribution is -2.52. The predicted molar refractivity (Wildman–Crippen MR) is 63.1 cm³/mol. The summed E-state index contributed by atoms with van der Waals surface area (Å²) in [6.45, 7) is 1.89. The maximum absolute atomic E-state index is 13.6. The first kappa shape index (κ1) is 16.2. The zero-order valence-electron chi connectivity index (χ0n) is 10.8. The van der Waals surface area contributed by atoms with E-state index in [1.54, 1.807) is 13.0 Å². The first-order valence-corrected chi connectivity index (χ1v) is 5.60. The summed E-state index contributed by atoms with van der Waals surface area (Å²) in [6.07, 6.45) is -5.49. The van der Waals surface area contributed by atoms with Crippen molar-refractivity contribution in [3.63, 3.8) is 0 Å². The molecule has 112 valence electrons. The van der Waals surface area contributed by atoms with Crippen LogP contribution in [0.5, 0.6) is 5.75 Å². The van der Waals surface area contributed by atoms with Crippen molar-refractivity contribution in [1.29, 1.82) is 0 Å². The molecule has 0 radical (unpaired) electrons. The van der Waals surface area contributed by atoms with Crippen LogP contribution < -0.4 is 10.1 Å². The van der Waals surface area contributed by atoms with E-state index in [1.165, 1.54) is 18.2 Å². The molecule has 0 aliphatic rings. The van der Waals surface area contributed by atoms with Crippen LogP contribution in [-0.4, -0.2) is 31.7 Å². The number of anilines is 1. The molecule has 1 unspecified atom stereocenters. The fraction of sp³-hybridized carbons (Fsp3) is 0.417. The zero-order chi connectivity index (χ0) is 15.4. The monoisotopic (exact) mass is 295 g/mol. The summed E-state index contributed by atoms with van der Waals surface area (Å²) >= 11 is 0. The zero-order valence-corrected chi connectivity index (χ0v) is 10.8. The molecule has 0 aromatic heterocycles. The molecule has 1 aromatic carbocycles. The van der Waals surface area contributed by atoms with Gasteiger partial charge in [0, 0.05) is 7.11 Å². The van der Waals surface area contributed by atoms with E-state index in [-0.39, 0.29) is 18.0 Å². The molecule has 1 amide bonds. The van der Waals surface area contributed by atoms with E-state index in [1.807, 2.05) is 5.32 Å². The molecule has 0 saturated carbocycles. The highest BCUT2D eigenvalue weighted by molar-refractivity contribution is 5.97. The van der Waals surface area contributed by atoms with Crippen molar-refractivity contribution in [3.8, 4) is 5.75 Å². The molecule has 0 aliphatic carbocycles. The van der Waals surface area contributed by atoms with Gasteiger partial charge in [0.05, 0.1) is 12.3 Å². The summed E-state index contributed by atoms with van der Waals surface area (Å²) in [4.78, 5) is 11.5. The number of halogens is 4. The number of hydrogen-bond donors (Lipinski definition) is 1. The van der Waals surface area contributed by atoms with Crippen molar-refractivity contribution in [2.45, 2.75) is 19.0 Å². The summed E-state index contributed by atoms with van der Waals surface area (Å²) < 4.78 is 60.0. The van der Waals surface area contributed by atoms with Crippen LogP contribution in [0, 0.1) is 0 Å². The van der Waals surface area contributed by atoms with Crippen LogP contribution in [0.2, 0.25) is 0 Å². The Bertz CT molecular complexity index is 478. The van der Waals surface area contributed by atoms with Gasteiger partial charge in [-0.2, -0.15) is 17.6 Å². The number of benzene rings is 1. The van der Waals surface area contributed by atoms with E-state index in [0.717, 1.165) is 0 Å². The topological polar surface area (TPSA) is 47.6 Å². The number of alkyl halides is 4. The molecule has 0 spiro atoms. The Hall–Kier alpha value is -1.83. The van der Waals surface area contributed by atoms with E-state index in [4.69, 9.17) is 4.74 Å². The van der Waals surface area contributed by atoms with E-state index < -0.39 is 17.9 Å². The van der Waals surface area contributed by atoms with Gasteiger partial charge in [-0.1, -0.05) is 12.1 Å². The minimum atomic E-state index is -5.49. The van der Waals surface area contributed by atoms with E-state index in [2.05, 4.69) is 4.74 Å². The molecule has 1 rings (SSSR count). The number of rotatable bonds is 5. The Morgan fingerprint density at radius 3 is 2.35 bits per heavy atom. The van der Waals surface area contributed by atoms with Gasteiger partial charge in [-0.15, -0.1) is 0 Å². The summed E-state index contributed by atoms with van der Waals surface area (Å²) in [7, 11) is 0.460. The third-order valence-electron chi connectivity index (χ3n) is 2.37. The Balaban J connectivity index is 3.01. The molecule has 0 bridgehead atoms. The lowest BCUT2D eigenvalue weighted by Gasteiger charge is -2.25. The minimum Gasteiger partial charge on any atom is -0.492 e. The Kier molecular flexibility index (Phi) is 4.93. The molecule has 1 aromatic rings. The normalized spacial score (nSPS) is 14.5. The van der Waals surface area contributed by atoms with Gasteiger partial charge in [-0.25, -0.2) is 0 Å². The predicted octanol–water partition coefficient (Wildman–Crippen LogP) is 2.90. The number of amides is 1. The quantitative estimate of drug-likeness (QED) is 0.850. The SMILES string of the molecule is CCOc1ccccc1NC(=O)C(F)(OC)C(F)(F)F. The fourth-order valence-corrected chi connectivity index (χ4v) is 1.39. The Morgan fingerprint density at radius 2 is 1.85 bits per heavy atom. The molecule has 1 N–H and O–H groups in total. The van der Waals surface area contributed by atoms with E-state index in [9.17, 15) is 22.4 Å². The standard InChI is InChI=1S/C12H13F4NO3/c1-3-20-9-7-5-4-6-8(9)17-10(18)11(13,19-2)12(14,15)16/h4-7H,3H2,1-2H3,(H,17,18). The molecule has 8 heteroatoms. The van der Waals surface area contributed by atoms with Crippen molar-refractivity contribution in [1.82, 2.24) is 0 Å². The van der Waals surface area contributed by atoms with Crippen LogP contribution >= 0.6 is 0 Å². The van der Waals surface area contributed by atoms with Crippen LogP contribution in [0.3, 0.4) is 0 Å². The summed E-state index contributed by atoms with van der Waals surface area (Å²) in [5, 5.41) is 1.81. The highest BCUT2D eigenvalue weighted by Gasteiger charge is 2.63. The van der Waals surface area contributed by atoms with Crippen molar-refractivity contribution in [2.75, 3.05) is 19.0 Å². The molecular formula is C12H13F4NO3. The second kappa shape index (κ2) is 6.08. The molecule has 20 heavy (non-hydrogen) atoms. The number of carbonyl (C=O) groups excluding carboxylic acids is 1. The van der Waals surface area contributed by atoms with Gasteiger partial charge in [0.2, 0.25) is 0 Å². The third-order valence-corrected chi connectivity index (χ3v) is 2.37. The van der Waals surface area contributed by atoms with Gasteiger partial charge >= 0.3 is 12.0 Å². The van der Waals surface area contributed by atoms with Crippen molar-refractivity contribution in [3.05, 3.63) is 24.3 Å². The third kappa shape index (κ3) is 3.19.